The molecule has 1 heterocycles. The largest absolute Gasteiger partial charge is 0.497 e. The highest BCUT2D eigenvalue weighted by molar-refractivity contribution is 6.07. The molecule has 3 aromatic rings. The first-order chi connectivity index (χ1) is 14.8. The van der Waals surface area contributed by atoms with Crippen LogP contribution in [0, 0.1) is 5.41 Å². The first kappa shape index (κ1) is 20.6. The number of hydrogen-bond donors (Lipinski definition) is 1. The van der Waals surface area contributed by atoms with E-state index >= 15 is 0 Å². The van der Waals surface area contributed by atoms with Crippen molar-refractivity contribution in [3.8, 4) is 11.4 Å². The Balaban J connectivity index is 1.90. The molecule has 1 aliphatic rings. The average Bonchev–Trinajstić information content (AvgIpc) is 2.73. The van der Waals surface area contributed by atoms with Gasteiger partial charge in [-0.25, -0.2) is 0 Å². The van der Waals surface area contributed by atoms with Crippen molar-refractivity contribution in [2.45, 2.75) is 26.7 Å². The number of nitrogens with zero attached hydrogens (tertiary/aromatic N) is 1. The molecule has 0 saturated heterocycles. The zero-order valence-electron chi connectivity index (χ0n) is 17.8. The van der Waals surface area contributed by atoms with E-state index in [0.29, 0.717) is 41.2 Å². The summed E-state index contributed by atoms with van der Waals surface area (Å²) in [6, 6.07) is 17.4. The van der Waals surface area contributed by atoms with Crippen LogP contribution in [0.25, 0.3) is 5.69 Å². The number of nitrogens with one attached hydrogen (secondary N) is 1. The van der Waals surface area contributed by atoms with E-state index in [4.69, 9.17) is 4.74 Å². The van der Waals surface area contributed by atoms with Gasteiger partial charge in [-0.15, -0.1) is 0 Å². The van der Waals surface area contributed by atoms with E-state index in [1.165, 1.54) is 10.6 Å². The second kappa shape index (κ2) is 7.87. The molecule has 1 aromatic heterocycles. The number of benzene rings is 2. The van der Waals surface area contributed by atoms with Crippen LogP contribution in [0.5, 0.6) is 5.75 Å². The predicted octanol–water partition coefficient (Wildman–Crippen LogP) is 4.25. The number of carbonyl (C=O) groups excluding carboxylic acids is 2. The van der Waals surface area contributed by atoms with Crippen LogP contribution in [0.4, 0.5) is 5.69 Å². The van der Waals surface area contributed by atoms with Gasteiger partial charge < -0.3 is 10.1 Å². The average molecular weight is 416 g/mol. The SMILES string of the molecule is COc1ccc(-n2c3c(cc(C(=O)Nc4ccccc4)c2=O)C(=O)CC(C)(C)C3)cc1. The molecule has 0 spiro atoms. The van der Waals surface area contributed by atoms with Crippen molar-refractivity contribution in [1.29, 1.82) is 0 Å². The van der Waals surface area contributed by atoms with E-state index in [2.05, 4.69) is 5.32 Å². The maximum atomic E-state index is 13.5. The first-order valence-corrected chi connectivity index (χ1v) is 10.1. The van der Waals surface area contributed by atoms with Crippen molar-refractivity contribution < 1.29 is 14.3 Å². The van der Waals surface area contributed by atoms with Crippen molar-refractivity contribution in [1.82, 2.24) is 4.57 Å². The minimum atomic E-state index is -0.543. The van der Waals surface area contributed by atoms with Crippen molar-refractivity contribution in [2.75, 3.05) is 12.4 Å². The Hall–Kier alpha value is -3.67. The minimum Gasteiger partial charge on any atom is -0.497 e. The summed E-state index contributed by atoms with van der Waals surface area (Å²) in [5, 5.41) is 2.75. The van der Waals surface area contributed by atoms with Crippen LogP contribution in [-0.4, -0.2) is 23.4 Å². The summed E-state index contributed by atoms with van der Waals surface area (Å²) in [7, 11) is 1.57. The summed E-state index contributed by atoms with van der Waals surface area (Å²) < 4.78 is 6.71. The van der Waals surface area contributed by atoms with Crippen molar-refractivity contribution >= 4 is 17.4 Å². The highest BCUT2D eigenvalue weighted by atomic mass is 16.5. The number of methoxy groups -OCH3 is 1. The molecule has 31 heavy (non-hydrogen) atoms. The number of ketones is 1. The Bertz CT molecular complexity index is 1210. The number of anilines is 1. The van der Waals surface area contributed by atoms with Gasteiger partial charge in [-0.3, -0.25) is 19.0 Å². The van der Waals surface area contributed by atoms with Crippen LogP contribution in [0.15, 0.2) is 65.5 Å². The third-order valence-electron chi connectivity index (χ3n) is 5.50. The molecule has 2 aromatic carbocycles. The zero-order valence-corrected chi connectivity index (χ0v) is 17.8. The van der Waals surface area contributed by atoms with Crippen LogP contribution in [0.1, 0.15) is 46.7 Å². The van der Waals surface area contributed by atoms with Crippen LogP contribution in [0.3, 0.4) is 0 Å². The van der Waals surface area contributed by atoms with E-state index in [1.807, 2.05) is 19.9 Å². The van der Waals surface area contributed by atoms with Gasteiger partial charge in [0, 0.05) is 29.1 Å². The van der Waals surface area contributed by atoms with Crippen LogP contribution in [-0.2, 0) is 6.42 Å². The molecular formula is C25H24N2O4. The van der Waals surface area contributed by atoms with Crippen LogP contribution >= 0.6 is 0 Å². The van der Waals surface area contributed by atoms with E-state index < -0.39 is 11.5 Å². The summed E-state index contributed by atoms with van der Waals surface area (Å²) in [4.78, 5) is 39.5. The third-order valence-corrected chi connectivity index (χ3v) is 5.50. The molecule has 0 saturated carbocycles. The van der Waals surface area contributed by atoms with E-state index in [9.17, 15) is 14.4 Å². The zero-order chi connectivity index (χ0) is 22.2. The lowest BCUT2D eigenvalue weighted by Gasteiger charge is -2.32. The number of aromatic nitrogens is 1. The quantitative estimate of drug-likeness (QED) is 0.690. The van der Waals surface area contributed by atoms with Crippen LogP contribution < -0.4 is 15.6 Å². The minimum absolute atomic E-state index is 0.0634. The fourth-order valence-electron chi connectivity index (χ4n) is 4.00. The molecule has 0 fully saturated rings. The normalized spacial score (nSPS) is 14.6. The van der Waals surface area contributed by atoms with Gasteiger partial charge in [-0.2, -0.15) is 0 Å². The molecule has 0 atom stereocenters. The number of para-hydroxylation sites is 1. The molecule has 6 nitrogen and oxygen atoms in total. The maximum Gasteiger partial charge on any atom is 0.268 e. The summed E-state index contributed by atoms with van der Waals surface area (Å²) in [6.07, 6.45) is 0.913. The van der Waals surface area contributed by atoms with Gasteiger partial charge >= 0.3 is 0 Å². The Labute approximate surface area is 180 Å². The fourth-order valence-corrected chi connectivity index (χ4v) is 4.00. The molecule has 1 amide bonds. The van der Waals surface area contributed by atoms with Crippen LogP contribution in [0.2, 0.25) is 0 Å². The molecule has 6 heteroatoms. The standard InChI is InChI=1S/C25H24N2O4/c1-25(2)14-21-19(22(28)15-25)13-20(23(29)26-16-7-5-4-6-8-16)24(30)27(21)17-9-11-18(31-3)12-10-17/h4-13H,14-15H2,1-3H3,(H,26,29). The monoisotopic (exact) mass is 416 g/mol. The number of ether oxygens (including phenoxy) is 1. The van der Waals surface area contributed by atoms with Gasteiger partial charge in [0.15, 0.2) is 5.78 Å². The van der Waals surface area contributed by atoms with Crippen molar-refractivity contribution in [3.63, 3.8) is 0 Å². The number of pyridine rings is 1. The van der Waals surface area contributed by atoms with E-state index in [1.54, 1.807) is 55.6 Å². The summed E-state index contributed by atoms with van der Waals surface area (Å²) in [5.74, 6) is 0.0428. The molecule has 1 N–H and O–H groups in total. The molecular weight excluding hydrogens is 392 g/mol. The molecule has 0 radical (unpaired) electrons. The summed E-state index contributed by atoms with van der Waals surface area (Å²) >= 11 is 0. The topological polar surface area (TPSA) is 77.4 Å². The van der Waals surface area contributed by atoms with Gasteiger partial charge in [0.05, 0.1) is 7.11 Å². The number of Topliss-reactive ketones (excluding diaryl/α,β-unsaturated/α-hetero) is 1. The Kier molecular flexibility index (Phi) is 5.23. The van der Waals surface area contributed by atoms with Gasteiger partial charge in [-0.1, -0.05) is 32.0 Å². The molecule has 0 unspecified atom stereocenters. The first-order valence-electron chi connectivity index (χ1n) is 10.1. The Morgan fingerprint density at radius 2 is 1.68 bits per heavy atom. The third kappa shape index (κ3) is 4.01. The van der Waals surface area contributed by atoms with Gasteiger partial charge in [0.25, 0.3) is 11.5 Å². The Morgan fingerprint density at radius 3 is 2.32 bits per heavy atom. The summed E-state index contributed by atoms with van der Waals surface area (Å²) in [6.45, 7) is 4.01. The smallest absolute Gasteiger partial charge is 0.268 e. The molecule has 0 aliphatic heterocycles. The number of amides is 1. The fraction of sp³-hybridized carbons (Fsp3) is 0.240. The van der Waals surface area contributed by atoms with Gasteiger partial charge in [0.1, 0.15) is 11.3 Å². The maximum absolute atomic E-state index is 13.5. The second-order valence-electron chi connectivity index (χ2n) is 8.52. The Morgan fingerprint density at radius 1 is 1.00 bits per heavy atom. The van der Waals surface area contributed by atoms with E-state index in [0.717, 1.165) is 0 Å². The second-order valence-corrected chi connectivity index (χ2v) is 8.52. The lowest BCUT2D eigenvalue weighted by atomic mass is 9.75. The highest BCUT2D eigenvalue weighted by Crippen LogP contribution is 2.35. The summed E-state index contributed by atoms with van der Waals surface area (Å²) in [5.41, 5.74) is 1.42. The van der Waals surface area contributed by atoms with Gasteiger partial charge in [-0.05, 0) is 54.3 Å². The van der Waals surface area contributed by atoms with Gasteiger partial charge in [0.2, 0.25) is 0 Å². The van der Waals surface area contributed by atoms with Crippen molar-refractivity contribution in [2.24, 2.45) is 5.41 Å². The number of hydrogen-bond acceptors (Lipinski definition) is 4. The van der Waals surface area contributed by atoms with Crippen molar-refractivity contribution in [3.05, 3.63) is 87.8 Å². The lowest BCUT2D eigenvalue weighted by molar-refractivity contribution is 0.0909. The molecule has 4 rings (SSSR count). The molecule has 0 bridgehead atoms. The van der Waals surface area contributed by atoms with E-state index in [-0.39, 0.29) is 16.8 Å². The lowest BCUT2D eigenvalue weighted by Crippen LogP contribution is -2.37. The molecule has 1 aliphatic carbocycles. The number of rotatable bonds is 4. The molecule has 158 valence electrons. The number of carbonyl (C=O) groups is 2. The highest BCUT2D eigenvalue weighted by Gasteiger charge is 2.35. The number of fused-ring (bicyclic) bond motifs is 1. The predicted molar refractivity (Wildman–Crippen MR) is 119 cm³/mol.